The van der Waals surface area contributed by atoms with Crippen LogP contribution in [0.2, 0.25) is 0 Å². The quantitative estimate of drug-likeness (QED) is 0.864. The number of halogens is 2. The van der Waals surface area contributed by atoms with Gasteiger partial charge in [0.15, 0.2) is 0 Å². The van der Waals surface area contributed by atoms with Crippen LogP contribution >= 0.6 is 0 Å². The lowest BCUT2D eigenvalue weighted by molar-refractivity contribution is -0.00913. The normalized spacial score (nSPS) is 12.0. The van der Waals surface area contributed by atoms with E-state index < -0.39 is 5.92 Å². The topological polar surface area (TPSA) is 26.0 Å². The summed E-state index contributed by atoms with van der Waals surface area (Å²) >= 11 is 0. The van der Waals surface area contributed by atoms with Gasteiger partial charge in [-0.25, -0.2) is 8.78 Å². The van der Waals surface area contributed by atoms with Crippen LogP contribution in [0.1, 0.15) is 17.5 Å². The molecule has 0 heterocycles. The number of alkyl halides is 2. The Morgan fingerprint density at radius 1 is 1.06 bits per heavy atom. The molecule has 2 N–H and O–H groups in total. The van der Waals surface area contributed by atoms with Crippen LogP contribution in [-0.2, 0) is 5.92 Å². The summed E-state index contributed by atoms with van der Waals surface area (Å²) in [6.07, 6.45) is -0.319. The Bertz CT molecular complexity index is 535. The Labute approximate surface area is 99.2 Å². The van der Waals surface area contributed by atoms with E-state index in [-0.39, 0.29) is 18.5 Å². The van der Waals surface area contributed by atoms with Crippen LogP contribution in [0.3, 0.4) is 0 Å². The molecule has 1 nitrogen and oxygen atoms in total. The maximum Gasteiger partial charge on any atom is 0.275 e. The first kappa shape index (κ1) is 12.0. The predicted octanol–water partition coefficient (Wildman–Crippen LogP) is 3.59. The zero-order chi connectivity index (χ0) is 12.5. The van der Waals surface area contributed by atoms with Gasteiger partial charge in [-0.2, -0.15) is 0 Å². The first-order valence-corrected chi connectivity index (χ1v) is 5.63. The molecule has 0 aliphatic carbocycles. The van der Waals surface area contributed by atoms with Gasteiger partial charge in [0.25, 0.3) is 5.92 Å². The average molecular weight is 235 g/mol. The third-order valence-corrected chi connectivity index (χ3v) is 2.99. The molecule has 0 aromatic heterocycles. The number of hydrogen-bond acceptors (Lipinski definition) is 1. The molecule has 0 saturated heterocycles. The Hall–Kier alpha value is -1.48. The van der Waals surface area contributed by atoms with Crippen molar-refractivity contribution in [2.24, 2.45) is 5.73 Å². The van der Waals surface area contributed by atoms with Crippen molar-refractivity contribution >= 4 is 10.8 Å². The van der Waals surface area contributed by atoms with Gasteiger partial charge in [-0.05, 0) is 29.8 Å². The van der Waals surface area contributed by atoms with Gasteiger partial charge < -0.3 is 5.73 Å². The van der Waals surface area contributed by atoms with E-state index in [1.807, 2.05) is 19.1 Å². The van der Waals surface area contributed by atoms with Crippen LogP contribution in [0.25, 0.3) is 10.8 Å². The van der Waals surface area contributed by atoms with E-state index in [4.69, 9.17) is 5.73 Å². The summed E-state index contributed by atoms with van der Waals surface area (Å²) in [5.41, 5.74) is 6.33. The van der Waals surface area contributed by atoms with Crippen molar-refractivity contribution in [1.82, 2.24) is 0 Å². The monoisotopic (exact) mass is 235 g/mol. The first-order valence-electron chi connectivity index (χ1n) is 5.63. The van der Waals surface area contributed by atoms with Gasteiger partial charge in [0.05, 0.1) is 0 Å². The summed E-state index contributed by atoms with van der Waals surface area (Å²) < 4.78 is 27.9. The fraction of sp³-hybridized carbons (Fsp3) is 0.286. The number of fused-ring (bicyclic) bond motifs is 1. The third kappa shape index (κ3) is 2.15. The SMILES string of the molecule is Cc1ccc(C(F)(F)CCN)c2ccccc12. The molecule has 2 aromatic rings. The lowest BCUT2D eigenvalue weighted by Crippen LogP contribution is -2.19. The molecule has 0 atom stereocenters. The highest BCUT2D eigenvalue weighted by Crippen LogP contribution is 2.36. The second-order valence-electron chi connectivity index (χ2n) is 4.22. The largest absolute Gasteiger partial charge is 0.330 e. The molecule has 3 heteroatoms. The first-order chi connectivity index (χ1) is 8.06. The maximum absolute atomic E-state index is 13.9. The standard InChI is InChI=1S/C14H15F2N/c1-10-6-7-13(14(15,16)8-9-17)12-5-3-2-4-11(10)12/h2-7H,8-9,17H2,1H3. The lowest BCUT2D eigenvalue weighted by atomic mass is 9.95. The average Bonchev–Trinajstić information content (AvgIpc) is 2.29. The molecule has 0 bridgehead atoms. The second-order valence-corrected chi connectivity index (χ2v) is 4.22. The lowest BCUT2D eigenvalue weighted by Gasteiger charge is -2.18. The van der Waals surface area contributed by atoms with Crippen molar-refractivity contribution in [3.8, 4) is 0 Å². The van der Waals surface area contributed by atoms with Gasteiger partial charge in [0.1, 0.15) is 0 Å². The maximum atomic E-state index is 13.9. The molecule has 17 heavy (non-hydrogen) atoms. The Morgan fingerprint density at radius 3 is 2.35 bits per heavy atom. The van der Waals surface area contributed by atoms with Gasteiger partial charge in [-0.1, -0.05) is 36.4 Å². The highest BCUT2D eigenvalue weighted by Gasteiger charge is 2.32. The fourth-order valence-electron chi connectivity index (χ4n) is 2.08. The van der Waals surface area contributed by atoms with Gasteiger partial charge in [0.2, 0.25) is 0 Å². The molecule has 0 saturated carbocycles. The van der Waals surface area contributed by atoms with Crippen molar-refractivity contribution in [2.45, 2.75) is 19.3 Å². The molecular formula is C14H15F2N. The van der Waals surface area contributed by atoms with Gasteiger partial charge in [-0.3, -0.25) is 0 Å². The minimum Gasteiger partial charge on any atom is -0.330 e. The van der Waals surface area contributed by atoms with Crippen molar-refractivity contribution < 1.29 is 8.78 Å². The van der Waals surface area contributed by atoms with E-state index in [0.717, 1.165) is 10.9 Å². The number of nitrogens with two attached hydrogens (primary N) is 1. The predicted molar refractivity (Wildman–Crippen MR) is 66.3 cm³/mol. The molecule has 0 aliphatic heterocycles. The van der Waals surface area contributed by atoms with E-state index in [2.05, 4.69) is 0 Å². The Morgan fingerprint density at radius 2 is 1.71 bits per heavy atom. The van der Waals surface area contributed by atoms with E-state index in [9.17, 15) is 8.78 Å². The van der Waals surface area contributed by atoms with Crippen molar-refractivity contribution in [2.75, 3.05) is 6.54 Å². The summed E-state index contributed by atoms with van der Waals surface area (Å²) in [6, 6.07) is 10.5. The van der Waals surface area contributed by atoms with Crippen molar-refractivity contribution in [3.63, 3.8) is 0 Å². The molecular weight excluding hydrogens is 220 g/mol. The second kappa shape index (κ2) is 4.41. The molecule has 90 valence electrons. The number of hydrogen-bond donors (Lipinski definition) is 1. The summed E-state index contributed by atoms with van der Waals surface area (Å²) in [7, 11) is 0. The summed E-state index contributed by atoms with van der Waals surface area (Å²) in [6.45, 7) is 1.91. The van der Waals surface area contributed by atoms with E-state index in [1.54, 1.807) is 18.2 Å². The van der Waals surface area contributed by atoms with E-state index >= 15 is 0 Å². The summed E-state index contributed by atoms with van der Waals surface area (Å²) in [5, 5.41) is 1.49. The van der Waals surface area contributed by atoms with Gasteiger partial charge in [-0.15, -0.1) is 0 Å². The molecule has 2 aromatic carbocycles. The van der Waals surface area contributed by atoms with Crippen LogP contribution in [0.15, 0.2) is 36.4 Å². The molecule has 0 amide bonds. The highest BCUT2D eigenvalue weighted by molar-refractivity contribution is 5.89. The number of aryl methyl sites for hydroxylation is 1. The van der Waals surface area contributed by atoms with Crippen LogP contribution < -0.4 is 5.73 Å². The van der Waals surface area contributed by atoms with Crippen LogP contribution in [0.5, 0.6) is 0 Å². The Balaban J connectivity index is 2.67. The summed E-state index contributed by atoms with van der Waals surface area (Å²) in [5.74, 6) is -2.86. The molecule has 0 radical (unpaired) electrons. The minimum atomic E-state index is -2.86. The molecule has 0 spiro atoms. The smallest absolute Gasteiger partial charge is 0.275 e. The van der Waals surface area contributed by atoms with Gasteiger partial charge in [0, 0.05) is 12.0 Å². The zero-order valence-corrected chi connectivity index (χ0v) is 9.71. The van der Waals surface area contributed by atoms with Crippen molar-refractivity contribution in [1.29, 1.82) is 0 Å². The Kier molecular flexibility index (Phi) is 3.11. The van der Waals surface area contributed by atoms with Gasteiger partial charge >= 0.3 is 0 Å². The molecule has 0 aliphatic rings. The number of benzene rings is 2. The third-order valence-electron chi connectivity index (χ3n) is 2.99. The summed E-state index contributed by atoms with van der Waals surface area (Å²) in [4.78, 5) is 0. The molecule has 2 rings (SSSR count). The minimum absolute atomic E-state index is 0.0186. The molecule has 0 unspecified atom stereocenters. The molecule has 0 fully saturated rings. The van der Waals surface area contributed by atoms with Crippen LogP contribution in [0, 0.1) is 6.92 Å². The fourth-order valence-corrected chi connectivity index (χ4v) is 2.08. The zero-order valence-electron chi connectivity index (χ0n) is 9.71. The van der Waals surface area contributed by atoms with E-state index in [1.165, 1.54) is 6.07 Å². The van der Waals surface area contributed by atoms with Crippen molar-refractivity contribution in [3.05, 3.63) is 47.5 Å². The van der Waals surface area contributed by atoms with Crippen LogP contribution in [0.4, 0.5) is 8.78 Å². The van der Waals surface area contributed by atoms with Crippen LogP contribution in [-0.4, -0.2) is 6.54 Å². The van der Waals surface area contributed by atoms with E-state index in [0.29, 0.717) is 5.39 Å². The highest BCUT2D eigenvalue weighted by atomic mass is 19.3. The number of rotatable bonds is 3.